The third-order valence-corrected chi connectivity index (χ3v) is 6.66. The molecule has 13 nitrogen and oxygen atoms in total. The minimum Gasteiger partial charge on any atom is -0.480 e. The van der Waals surface area contributed by atoms with E-state index in [1.807, 2.05) is 0 Å². The molecule has 0 bridgehead atoms. The van der Waals surface area contributed by atoms with Crippen LogP contribution in [0.4, 0.5) is 0 Å². The van der Waals surface area contributed by atoms with Gasteiger partial charge in [0.2, 0.25) is 11.8 Å². The van der Waals surface area contributed by atoms with E-state index in [1.165, 1.54) is 24.3 Å². The third-order valence-electron chi connectivity index (χ3n) is 6.66. The quantitative estimate of drug-likeness (QED) is 0.256. The first-order chi connectivity index (χ1) is 18.7. The number of hydrogen-bond donors (Lipinski definition) is 4. The van der Waals surface area contributed by atoms with Crippen molar-refractivity contribution in [1.29, 1.82) is 0 Å². The van der Waals surface area contributed by atoms with Gasteiger partial charge in [0.25, 0.3) is 0 Å². The molecular formula is C27H20N2O11. The molecule has 0 saturated heterocycles. The third kappa shape index (κ3) is 4.57. The van der Waals surface area contributed by atoms with Crippen molar-refractivity contribution in [3.05, 3.63) is 69.8 Å². The van der Waals surface area contributed by atoms with Gasteiger partial charge in [0.15, 0.2) is 40.8 Å². The van der Waals surface area contributed by atoms with Crippen LogP contribution in [0.15, 0.2) is 36.4 Å². The van der Waals surface area contributed by atoms with Gasteiger partial charge in [-0.15, -0.1) is 0 Å². The Hall–Kier alpha value is -5.33. The zero-order valence-corrected chi connectivity index (χ0v) is 20.8. The summed E-state index contributed by atoms with van der Waals surface area (Å²) in [6.07, 6.45) is 0. The normalized spacial score (nSPS) is 18.9. The van der Waals surface area contributed by atoms with Crippen molar-refractivity contribution >= 4 is 52.7 Å². The second kappa shape index (κ2) is 10.1. The fourth-order valence-electron chi connectivity index (χ4n) is 4.43. The number of carbonyl (C=O) groups excluding carboxylic acids is 7. The molecule has 4 rings (SSSR count). The lowest BCUT2D eigenvalue weighted by molar-refractivity contribution is -0.141. The van der Waals surface area contributed by atoms with Gasteiger partial charge in [0, 0.05) is 33.4 Å². The molecule has 2 aliphatic rings. The van der Waals surface area contributed by atoms with E-state index in [4.69, 9.17) is 10.2 Å². The molecule has 4 N–H and O–H groups in total. The van der Waals surface area contributed by atoms with Crippen LogP contribution in [0.3, 0.4) is 0 Å². The fraction of sp³-hybridized carbons (Fsp3) is 0.222. The Morgan fingerprint density at radius 2 is 0.925 bits per heavy atom. The van der Waals surface area contributed by atoms with Gasteiger partial charge < -0.3 is 20.8 Å². The molecule has 0 aliphatic heterocycles. The lowest BCUT2D eigenvalue weighted by Crippen LogP contribution is -2.44. The molecular weight excluding hydrogens is 528 g/mol. The van der Waals surface area contributed by atoms with E-state index in [0.29, 0.717) is 0 Å². The van der Waals surface area contributed by atoms with Gasteiger partial charge in [-0.3, -0.25) is 43.2 Å². The Kier molecular flexibility index (Phi) is 6.99. The van der Waals surface area contributed by atoms with E-state index in [1.54, 1.807) is 0 Å². The zero-order chi connectivity index (χ0) is 29.6. The van der Waals surface area contributed by atoms with Crippen LogP contribution < -0.4 is 10.6 Å². The van der Waals surface area contributed by atoms with Crippen LogP contribution in [0.25, 0.3) is 0 Å². The van der Waals surface area contributed by atoms with Gasteiger partial charge in [-0.25, -0.2) is 0 Å². The summed E-state index contributed by atoms with van der Waals surface area (Å²) in [4.78, 5) is 111. The van der Waals surface area contributed by atoms with Crippen molar-refractivity contribution in [2.24, 2.45) is 11.8 Å². The molecule has 2 unspecified atom stereocenters. The lowest BCUT2D eigenvalue weighted by Gasteiger charge is -2.11. The first kappa shape index (κ1) is 27.7. The highest BCUT2D eigenvalue weighted by Crippen LogP contribution is 2.31. The maximum absolute atomic E-state index is 13.2. The molecule has 204 valence electrons. The molecule has 2 aromatic carbocycles. The zero-order valence-electron chi connectivity index (χ0n) is 20.8. The topological polar surface area (TPSA) is 218 Å². The second-order valence-corrected chi connectivity index (χ2v) is 9.31. The number of rotatable bonds is 8. The molecule has 0 heterocycles. The molecule has 0 saturated carbocycles. The Balaban J connectivity index is 1.59. The number of benzene rings is 2. The van der Waals surface area contributed by atoms with Crippen LogP contribution >= 0.6 is 0 Å². The van der Waals surface area contributed by atoms with Crippen molar-refractivity contribution in [2.75, 3.05) is 0 Å². The van der Waals surface area contributed by atoms with Gasteiger partial charge in [0.1, 0.15) is 12.1 Å². The van der Waals surface area contributed by atoms with Crippen molar-refractivity contribution in [3.8, 4) is 0 Å². The number of aliphatic carboxylic acids is 2. The highest BCUT2D eigenvalue weighted by Gasteiger charge is 2.45. The van der Waals surface area contributed by atoms with Crippen LogP contribution in [0, 0.1) is 11.8 Å². The van der Waals surface area contributed by atoms with Gasteiger partial charge >= 0.3 is 11.9 Å². The van der Waals surface area contributed by atoms with Gasteiger partial charge in [-0.1, -0.05) is 12.1 Å². The average Bonchev–Trinajstić information content (AvgIpc) is 3.31. The molecule has 2 amide bonds. The van der Waals surface area contributed by atoms with Gasteiger partial charge in [-0.05, 0) is 38.1 Å². The number of nitrogens with one attached hydrogen (secondary N) is 2. The minimum atomic E-state index is -1.81. The summed E-state index contributed by atoms with van der Waals surface area (Å²) in [5, 5.41) is 22.1. The lowest BCUT2D eigenvalue weighted by atomic mass is 9.96. The molecule has 0 aromatic heterocycles. The monoisotopic (exact) mass is 548 g/mol. The summed E-state index contributed by atoms with van der Waals surface area (Å²) < 4.78 is 0. The first-order valence-corrected chi connectivity index (χ1v) is 11.8. The van der Waals surface area contributed by atoms with Crippen molar-refractivity contribution in [2.45, 2.75) is 25.9 Å². The summed E-state index contributed by atoms with van der Waals surface area (Å²) in [6.45, 7) is 2.32. The number of carboxylic acid groups (broad SMARTS) is 2. The van der Waals surface area contributed by atoms with Crippen LogP contribution in [0.5, 0.6) is 0 Å². The average molecular weight is 548 g/mol. The highest BCUT2D eigenvalue weighted by atomic mass is 16.4. The summed E-state index contributed by atoms with van der Waals surface area (Å²) >= 11 is 0. The molecule has 0 radical (unpaired) electrons. The number of ketones is 5. The summed E-state index contributed by atoms with van der Waals surface area (Å²) in [6, 6.07) is 4.34. The van der Waals surface area contributed by atoms with E-state index in [0.717, 1.165) is 26.0 Å². The molecule has 0 fully saturated rings. The minimum absolute atomic E-state index is 0.0823. The van der Waals surface area contributed by atoms with E-state index < -0.39 is 76.6 Å². The van der Waals surface area contributed by atoms with E-state index in [2.05, 4.69) is 10.6 Å². The van der Waals surface area contributed by atoms with Crippen LogP contribution in [-0.2, 0) is 19.2 Å². The van der Waals surface area contributed by atoms with Crippen LogP contribution in [0.1, 0.15) is 71.2 Å². The maximum Gasteiger partial charge on any atom is 0.325 e. The van der Waals surface area contributed by atoms with Crippen molar-refractivity contribution < 1.29 is 53.4 Å². The number of carbonyl (C=O) groups is 9. The standard InChI is InChI=1S/C27H20N2O11/c1-9(26(37)38)28-24(35)17-20(31)13-5-3-11(7-15(13)22(17)33)19(30)12-4-6-14-16(8-12)23(34)18(21(14)32)25(36)29-10(2)27(39)40/h3-10,17-18H,1-2H3,(H,28,35)(H,29,36)(H,37,38)(H,39,40)/t9-,10-,17?,18?/m0/s1. The molecule has 4 atom stereocenters. The van der Waals surface area contributed by atoms with Crippen LogP contribution in [-0.4, -0.2) is 75.0 Å². The van der Waals surface area contributed by atoms with E-state index >= 15 is 0 Å². The first-order valence-electron chi connectivity index (χ1n) is 11.8. The summed E-state index contributed by atoms with van der Waals surface area (Å²) in [5.74, 6) is -12.8. The highest BCUT2D eigenvalue weighted by molar-refractivity contribution is 6.37. The predicted octanol–water partition coefficient (Wildman–Crippen LogP) is 0.0866. The Bertz CT molecular complexity index is 1470. The predicted molar refractivity (Wildman–Crippen MR) is 131 cm³/mol. The smallest absolute Gasteiger partial charge is 0.325 e. The van der Waals surface area contributed by atoms with Gasteiger partial charge in [0.05, 0.1) is 0 Å². The SMILES string of the molecule is C[C@H](NC(=O)C1C(=O)c2ccc(C(=O)c3ccc4c(c3)C(=O)C(C(=O)N[C@@H](C)C(=O)O)C4=O)cc2C1=O)C(=O)O. The second-order valence-electron chi connectivity index (χ2n) is 9.31. The van der Waals surface area contributed by atoms with E-state index in [-0.39, 0.29) is 33.4 Å². The Morgan fingerprint density at radius 1 is 0.600 bits per heavy atom. The number of amides is 2. The Morgan fingerprint density at radius 3 is 1.25 bits per heavy atom. The Labute approximate surface area is 224 Å². The largest absolute Gasteiger partial charge is 0.480 e. The number of Topliss-reactive ketones (excluding diaryl/α,β-unsaturated/α-hetero) is 4. The van der Waals surface area contributed by atoms with Crippen molar-refractivity contribution in [3.63, 3.8) is 0 Å². The summed E-state index contributed by atoms with van der Waals surface area (Å²) in [7, 11) is 0. The van der Waals surface area contributed by atoms with Gasteiger partial charge in [-0.2, -0.15) is 0 Å². The molecule has 0 spiro atoms. The molecule has 2 aromatic rings. The summed E-state index contributed by atoms with van der Waals surface area (Å²) in [5.41, 5.74) is -0.832. The van der Waals surface area contributed by atoms with Crippen molar-refractivity contribution in [1.82, 2.24) is 10.6 Å². The molecule has 2 aliphatic carbocycles. The maximum atomic E-state index is 13.2. The fourth-order valence-corrected chi connectivity index (χ4v) is 4.43. The number of carboxylic acids is 2. The number of fused-ring (bicyclic) bond motifs is 2. The van der Waals surface area contributed by atoms with E-state index in [9.17, 15) is 43.2 Å². The van der Waals surface area contributed by atoms with Crippen LogP contribution in [0.2, 0.25) is 0 Å². The molecule has 13 heteroatoms. The number of hydrogen-bond acceptors (Lipinski definition) is 9. The molecule has 40 heavy (non-hydrogen) atoms.